The second-order valence-corrected chi connectivity index (χ2v) is 7.97. The Bertz CT molecular complexity index is 1010. The van der Waals surface area contributed by atoms with E-state index in [1.54, 1.807) is 16.5 Å². The highest BCUT2D eigenvalue weighted by Gasteiger charge is 2.44. The van der Waals surface area contributed by atoms with Crippen LogP contribution in [0.4, 0.5) is 0 Å². The van der Waals surface area contributed by atoms with Crippen LogP contribution in [-0.4, -0.2) is 56.8 Å². The highest BCUT2D eigenvalue weighted by Crippen LogP contribution is 2.33. The quantitative estimate of drug-likeness (QED) is 0.748. The first-order valence-electron chi connectivity index (χ1n) is 9.57. The van der Waals surface area contributed by atoms with E-state index in [9.17, 15) is 14.4 Å². The fourth-order valence-corrected chi connectivity index (χ4v) is 4.92. The van der Waals surface area contributed by atoms with Gasteiger partial charge in [0.2, 0.25) is 11.8 Å². The number of amides is 2. The molecular formula is C20H22N4O3. The molecule has 2 fully saturated rings. The van der Waals surface area contributed by atoms with E-state index in [2.05, 4.69) is 0 Å². The van der Waals surface area contributed by atoms with Gasteiger partial charge in [-0.3, -0.25) is 19.0 Å². The lowest BCUT2D eigenvalue weighted by molar-refractivity contribution is -0.138. The molecule has 0 N–H and O–H groups in total. The molecule has 1 aromatic heterocycles. The summed E-state index contributed by atoms with van der Waals surface area (Å²) in [6.45, 7) is 0.980. The zero-order valence-electron chi connectivity index (χ0n) is 15.3. The molecule has 0 spiro atoms. The summed E-state index contributed by atoms with van der Waals surface area (Å²) in [6.07, 6.45) is 2.71. The van der Waals surface area contributed by atoms with E-state index < -0.39 is 0 Å². The van der Waals surface area contributed by atoms with E-state index in [0.717, 1.165) is 18.7 Å². The second-order valence-electron chi connectivity index (χ2n) is 7.97. The summed E-state index contributed by atoms with van der Waals surface area (Å²) in [6, 6.07) is 7.48. The van der Waals surface area contributed by atoms with E-state index in [1.165, 1.54) is 0 Å². The van der Waals surface area contributed by atoms with Crippen molar-refractivity contribution in [1.82, 2.24) is 19.4 Å². The summed E-state index contributed by atoms with van der Waals surface area (Å²) < 4.78 is 1.76. The number of nitrogens with zero attached hydrogens (tertiary/aromatic N) is 4. The Morgan fingerprint density at radius 3 is 2.63 bits per heavy atom. The predicted molar refractivity (Wildman–Crippen MR) is 99.1 cm³/mol. The van der Waals surface area contributed by atoms with Gasteiger partial charge in [0.1, 0.15) is 5.82 Å². The molecule has 3 aliphatic rings. The van der Waals surface area contributed by atoms with Crippen molar-refractivity contribution in [3.8, 4) is 0 Å². The summed E-state index contributed by atoms with van der Waals surface area (Å²) in [5.41, 5.74) is 0.693. The average molecular weight is 366 g/mol. The lowest BCUT2D eigenvalue weighted by atomic mass is 10.1. The zero-order chi connectivity index (χ0) is 18.7. The number of carbonyl (C=O) groups excluding carboxylic acids is 2. The maximum Gasteiger partial charge on any atom is 0.261 e. The molecular weight excluding hydrogens is 344 g/mol. The zero-order valence-corrected chi connectivity index (χ0v) is 15.3. The first-order valence-corrected chi connectivity index (χ1v) is 9.57. The van der Waals surface area contributed by atoms with Crippen molar-refractivity contribution >= 4 is 22.7 Å². The van der Waals surface area contributed by atoms with Crippen molar-refractivity contribution in [3.05, 3.63) is 40.4 Å². The number of rotatable bonds is 1. The largest absolute Gasteiger partial charge is 0.345 e. The van der Waals surface area contributed by atoms with E-state index in [-0.39, 0.29) is 35.4 Å². The summed E-state index contributed by atoms with van der Waals surface area (Å²) in [5, 5.41) is 0.625. The molecule has 4 heterocycles. The fourth-order valence-electron chi connectivity index (χ4n) is 4.92. The summed E-state index contributed by atoms with van der Waals surface area (Å²) in [5.74, 6) is 0.590. The van der Waals surface area contributed by atoms with Gasteiger partial charge in [-0.2, -0.15) is 0 Å². The van der Waals surface area contributed by atoms with Crippen molar-refractivity contribution < 1.29 is 9.59 Å². The van der Waals surface area contributed by atoms with Crippen LogP contribution >= 0.6 is 0 Å². The van der Waals surface area contributed by atoms with Crippen molar-refractivity contribution in [2.75, 3.05) is 13.6 Å². The third-order valence-electron chi connectivity index (χ3n) is 6.32. The monoisotopic (exact) mass is 366 g/mol. The Kier molecular flexibility index (Phi) is 3.60. The van der Waals surface area contributed by atoms with E-state index in [1.807, 2.05) is 29.2 Å². The molecule has 3 aliphatic heterocycles. The highest BCUT2D eigenvalue weighted by molar-refractivity contribution is 5.89. The van der Waals surface area contributed by atoms with E-state index >= 15 is 0 Å². The first-order chi connectivity index (χ1) is 13.0. The van der Waals surface area contributed by atoms with E-state index in [4.69, 9.17) is 4.98 Å². The van der Waals surface area contributed by atoms with Gasteiger partial charge in [-0.05, 0) is 25.0 Å². The van der Waals surface area contributed by atoms with Gasteiger partial charge in [0, 0.05) is 39.0 Å². The number of benzene rings is 1. The van der Waals surface area contributed by atoms with Gasteiger partial charge in [0.05, 0.1) is 22.9 Å². The number of aromatic nitrogens is 2. The maximum absolute atomic E-state index is 13.2. The predicted octanol–water partition coefficient (Wildman–Crippen LogP) is 0.790. The minimum absolute atomic E-state index is 0.00502. The van der Waals surface area contributed by atoms with Crippen LogP contribution in [0.15, 0.2) is 29.1 Å². The SMILES string of the molecule is CN1C[C@H](C(=O)N2[C@H]3CC[C@H]2Cn2c(nc4ccccc4c2=O)C3)CC1=O. The van der Waals surface area contributed by atoms with Crippen molar-refractivity contribution in [3.63, 3.8) is 0 Å². The molecule has 0 aliphatic carbocycles. The Labute approximate surface area is 156 Å². The summed E-state index contributed by atoms with van der Waals surface area (Å²) in [4.78, 5) is 46.4. The van der Waals surface area contributed by atoms with Crippen LogP contribution < -0.4 is 5.56 Å². The molecule has 5 rings (SSSR count). The van der Waals surface area contributed by atoms with Crippen molar-refractivity contribution in [2.45, 2.75) is 44.3 Å². The fraction of sp³-hybridized carbons (Fsp3) is 0.500. The molecule has 27 heavy (non-hydrogen) atoms. The lowest BCUT2D eigenvalue weighted by Crippen LogP contribution is -2.46. The number of hydrogen-bond acceptors (Lipinski definition) is 4. The number of carbonyl (C=O) groups is 2. The Balaban J connectivity index is 1.51. The molecule has 2 aromatic rings. The number of likely N-dealkylation sites (tertiary alicyclic amines) is 1. The van der Waals surface area contributed by atoms with Crippen molar-refractivity contribution in [2.24, 2.45) is 5.92 Å². The topological polar surface area (TPSA) is 75.5 Å². The molecule has 2 bridgehead atoms. The Morgan fingerprint density at radius 2 is 1.85 bits per heavy atom. The van der Waals surface area contributed by atoms with Gasteiger partial charge in [-0.15, -0.1) is 0 Å². The van der Waals surface area contributed by atoms with Gasteiger partial charge in [0.15, 0.2) is 0 Å². The van der Waals surface area contributed by atoms with Crippen LogP contribution in [0.2, 0.25) is 0 Å². The van der Waals surface area contributed by atoms with Crippen LogP contribution in [0, 0.1) is 5.92 Å². The van der Waals surface area contributed by atoms with Gasteiger partial charge >= 0.3 is 0 Å². The summed E-state index contributed by atoms with van der Waals surface area (Å²) >= 11 is 0. The molecule has 2 amide bonds. The minimum Gasteiger partial charge on any atom is -0.345 e. The molecule has 0 radical (unpaired) electrons. The van der Waals surface area contributed by atoms with Crippen LogP contribution in [0.25, 0.3) is 10.9 Å². The smallest absolute Gasteiger partial charge is 0.261 e. The first kappa shape index (κ1) is 16.5. The molecule has 7 nitrogen and oxygen atoms in total. The molecule has 3 atom stereocenters. The average Bonchev–Trinajstić information content (AvgIpc) is 3.14. The van der Waals surface area contributed by atoms with Gasteiger partial charge in [0.25, 0.3) is 5.56 Å². The molecule has 2 saturated heterocycles. The van der Waals surface area contributed by atoms with Crippen LogP contribution in [-0.2, 0) is 22.6 Å². The van der Waals surface area contributed by atoms with E-state index in [0.29, 0.717) is 36.8 Å². The number of fused-ring (bicyclic) bond motifs is 4. The van der Waals surface area contributed by atoms with Gasteiger partial charge in [-0.1, -0.05) is 12.1 Å². The third-order valence-corrected chi connectivity index (χ3v) is 6.32. The number of para-hydroxylation sites is 1. The van der Waals surface area contributed by atoms with Crippen LogP contribution in [0.5, 0.6) is 0 Å². The molecule has 0 unspecified atom stereocenters. The van der Waals surface area contributed by atoms with Crippen LogP contribution in [0.3, 0.4) is 0 Å². The molecule has 0 saturated carbocycles. The normalized spacial score (nSPS) is 27.1. The van der Waals surface area contributed by atoms with Gasteiger partial charge in [-0.25, -0.2) is 4.98 Å². The number of hydrogen-bond donors (Lipinski definition) is 0. The highest BCUT2D eigenvalue weighted by atomic mass is 16.2. The standard InChI is InChI=1S/C20H22N4O3/c1-22-10-12(8-18(22)25)19(26)24-13-6-7-14(24)11-23-17(9-13)21-16-5-3-2-4-15(16)20(23)27/h2-5,12-14H,6-11H2,1H3/t12-,13+,14+/m1/s1. The maximum atomic E-state index is 13.2. The molecule has 140 valence electrons. The lowest BCUT2D eigenvalue weighted by Gasteiger charge is -2.30. The van der Waals surface area contributed by atoms with Gasteiger partial charge < -0.3 is 9.80 Å². The summed E-state index contributed by atoms with van der Waals surface area (Å²) in [7, 11) is 1.75. The minimum atomic E-state index is -0.268. The second kappa shape index (κ2) is 5.90. The molecule has 7 heteroatoms. The molecule has 1 aromatic carbocycles. The Hall–Kier alpha value is -2.70. The van der Waals surface area contributed by atoms with Crippen LogP contribution in [0.1, 0.15) is 25.1 Å². The third kappa shape index (κ3) is 2.48. The Morgan fingerprint density at radius 1 is 1.07 bits per heavy atom. The van der Waals surface area contributed by atoms with Crippen molar-refractivity contribution in [1.29, 1.82) is 0 Å².